The molecule has 21 heavy (non-hydrogen) atoms. The number of carbonyl (C=O) groups excluding carboxylic acids is 1. The lowest BCUT2D eigenvalue weighted by Crippen LogP contribution is -2.34. The molecular formula is C16H22ClN3O. The van der Waals surface area contributed by atoms with Crippen molar-refractivity contribution >= 4 is 18.2 Å². The van der Waals surface area contributed by atoms with Gasteiger partial charge in [-0.3, -0.25) is 4.79 Å². The first kappa shape index (κ1) is 17.5. The maximum absolute atomic E-state index is 12.0. The lowest BCUT2D eigenvalue weighted by atomic mass is 9.63. The Labute approximate surface area is 132 Å². The van der Waals surface area contributed by atoms with Crippen molar-refractivity contribution in [1.29, 1.82) is 0 Å². The minimum Gasteiger partial charge on any atom is -0.294 e. The third-order valence-corrected chi connectivity index (χ3v) is 4.45. The number of nitrogens with zero attached hydrogens (tertiary/aromatic N) is 3. The summed E-state index contributed by atoms with van der Waals surface area (Å²) in [4.78, 5) is 14.6. The Bertz CT molecular complexity index is 602. The Morgan fingerprint density at radius 1 is 1.19 bits per heavy atom. The minimum absolute atomic E-state index is 0. The van der Waals surface area contributed by atoms with Gasteiger partial charge in [-0.2, -0.15) is 0 Å². The van der Waals surface area contributed by atoms with E-state index in [2.05, 4.69) is 43.8 Å². The predicted molar refractivity (Wildman–Crippen MR) is 87.3 cm³/mol. The number of fused-ring (bicyclic) bond motifs is 1. The van der Waals surface area contributed by atoms with Crippen molar-refractivity contribution in [1.82, 2.24) is 0 Å². The average molecular weight is 308 g/mol. The van der Waals surface area contributed by atoms with E-state index in [4.69, 9.17) is 5.53 Å². The summed E-state index contributed by atoms with van der Waals surface area (Å²) in [5, 5.41) is 3.36. The summed E-state index contributed by atoms with van der Waals surface area (Å²) in [6, 6.07) is 5.92. The third kappa shape index (κ3) is 3.39. The van der Waals surface area contributed by atoms with Gasteiger partial charge in [0.15, 0.2) is 5.78 Å². The van der Waals surface area contributed by atoms with Crippen LogP contribution in [-0.4, -0.2) is 12.3 Å². The van der Waals surface area contributed by atoms with Crippen LogP contribution in [0.15, 0.2) is 23.3 Å². The molecule has 0 saturated heterocycles. The van der Waals surface area contributed by atoms with Crippen LogP contribution in [0.1, 0.15) is 62.0 Å². The average Bonchev–Trinajstić information content (AvgIpc) is 2.41. The normalized spacial score (nSPS) is 17.9. The monoisotopic (exact) mass is 307 g/mol. The van der Waals surface area contributed by atoms with E-state index in [1.54, 1.807) is 0 Å². The Kier molecular flexibility index (Phi) is 5.08. The largest absolute Gasteiger partial charge is 0.294 e. The van der Waals surface area contributed by atoms with E-state index >= 15 is 0 Å². The van der Waals surface area contributed by atoms with Crippen LogP contribution in [0.5, 0.6) is 0 Å². The summed E-state index contributed by atoms with van der Waals surface area (Å²) in [5.41, 5.74) is 11.8. The molecule has 0 aliphatic heterocycles. The second kappa shape index (κ2) is 6.08. The quantitative estimate of drug-likeness (QED) is 0.337. The van der Waals surface area contributed by atoms with E-state index in [-0.39, 0.29) is 35.6 Å². The van der Waals surface area contributed by atoms with Crippen LogP contribution in [0.3, 0.4) is 0 Å². The molecule has 0 heterocycles. The van der Waals surface area contributed by atoms with Gasteiger partial charge in [-0.25, -0.2) is 0 Å². The summed E-state index contributed by atoms with van der Waals surface area (Å²) in [5.74, 6) is -0.121. The zero-order chi connectivity index (χ0) is 15.0. The van der Waals surface area contributed by atoms with Gasteiger partial charge in [0.25, 0.3) is 0 Å². The smallest absolute Gasteiger partial charge is 0.168 e. The van der Waals surface area contributed by atoms with Crippen molar-refractivity contribution in [2.45, 2.75) is 51.4 Å². The Morgan fingerprint density at radius 3 is 2.33 bits per heavy atom. The van der Waals surface area contributed by atoms with E-state index in [0.29, 0.717) is 5.56 Å². The van der Waals surface area contributed by atoms with Crippen LogP contribution >= 0.6 is 12.4 Å². The fourth-order valence-electron chi connectivity index (χ4n) is 2.95. The van der Waals surface area contributed by atoms with Gasteiger partial charge in [0.1, 0.15) is 0 Å². The molecule has 4 nitrogen and oxygen atoms in total. The van der Waals surface area contributed by atoms with E-state index < -0.39 is 0 Å². The molecule has 0 bridgehead atoms. The number of hydrogen-bond donors (Lipinski definition) is 0. The van der Waals surface area contributed by atoms with Gasteiger partial charge < -0.3 is 0 Å². The predicted octanol–water partition coefficient (Wildman–Crippen LogP) is 4.95. The van der Waals surface area contributed by atoms with E-state index in [1.807, 2.05) is 12.1 Å². The van der Waals surface area contributed by atoms with Gasteiger partial charge in [0, 0.05) is 10.5 Å². The SMILES string of the molecule is CC1(C)CCC(C)(C)c2cc(C(=O)CN=[N+]=[N-])ccc21.Cl. The molecule has 1 aliphatic rings. The molecule has 0 spiro atoms. The Hall–Kier alpha value is -1.51. The van der Waals surface area contributed by atoms with Crippen LogP contribution in [0, 0.1) is 0 Å². The standard InChI is InChI=1S/C16H21N3O.ClH/c1-15(2)7-8-16(3,4)13-9-11(5-6-12(13)15)14(20)10-18-19-17;/h5-6,9H,7-8,10H2,1-4H3;1H. The lowest BCUT2D eigenvalue weighted by molar-refractivity contribution is 0.100. The summed E-state index contributed by atoms with van der Waals surface area (Å²) < 4.78 is 0. The maximum atomic E-state index is 12.0. The molecule has 0 radical (unpaired) electrons. The van der Waals surface area contributed by atoms with Crippen molar-refractivity contribution in [2.75, 3.05) is 6.54 Å². The molecule has 1 aliphatic carbocycles. The molecular weight excluding hydrogens is 286 g/mol. The second-order valence-electron chi connectivity index (χ2n) is 6.84. The lowest BCUT2D eigenvalue weighted by Gasteiger charge is -2.42. The number of halogens is 1. The van der Waals surface area contributed by atoms with Gasteiger partial charge in [0.05, 0.1) is 6.54 Å². The van der Waals surface area contributed by atoms with E-state index in [0.717, 1.165) is 12.8 Å². The Morgan fingerprint density at radius 2 is 1.76 bits per heavy atom. The molecule has 1 aromatic rings. The fourth-order valence-corrected chi connectivity index (χ4v) is 2.95. The molecule has 0 aromatic heterocycles. The highest BCUT2D eigenvalue weighted by Crippen LogP contribution is 2.45. The summed E-state index contributed by atoms with van der Waals surface area (Å²) in [7, 11) is 0. The van der Waals surface area contributed by atoms with Crippen LogP contribution < -0.4 is 0 Å². The molecule has 0 N–H and O–H groups in total. The van der Waals surface area contributed by atoms with E-state index in [9.17, 15) is 4.79 Å². The van der Waals surface area contributed by atoms with Crippen LogP contribution in [0.25, 0.3) is 10.4 Å². The number of rotatable bonds is 3. The molecule has 5 heteroatoms. The molecule has 114 valence electrons. The maximum Gasteiger partial charge on any atom is 0.168 e. The van der Waals surface area contributed by atoms with Gasteiger partial charge in [-0.05, 0) is 46.4 Å². The molecule has 0 amide bonds. The molecule has 0 fully saturated rings. The Balaban J connectivity index is 0.00000220. The molecule has 0 saturated carbocycles. The van der Waals surface area contributed by atoms with Crippen LogP contribution in [-0.2, 0) is 10.8 Å². The molecule has 1 aromatic carbocycles. The molecule has 2 rings (SSSR count). The highest BCUT2D eigenvalue weighted by atomic mass is 35.5. The summed E-state index contributed by atoms with van der Waals surface area (Å²) in [6.07, 6.45) is 2.26. The van der Waals surface area contributed by atoms with Gasteiger partial charge in [0.2, 0.25) is 0 Å². The zero-order valence-corrected chi connectivity index (χ0v) is 13.8. The van der Waals surface area contributed by atoms with Crippen LogP contribution in [0.4, 0.5) is 0 Å². The summed E-state index contributed by atoms with van der Waals surface area (Å²) in [6.45, 7) is 8.84. The number of benzene rings is 1. The topological polar surface area (TPSA) is 65.8 Å². The minimum atomic E-state index is -0.121. The highest BCUT2D eigenvalue weighted by molar-refractivity contribution is 5.98. The first-order valence-corrected chi connectivity index (χ1v) is 6.97. The van der Waals surface area contributed by atoms with Crippen molar-refractivity contribution in [3.63, 3.8) is 0 Å². The van der Waals surface area contributed by atoms with Crippen molar-refractivity contribution in [2.24, 2.45) is 5.11 Å². The van der Waals surface area contributed by atoms with Crippen molar-refractivity contribution in [3.8, 4) is 0 Å². The highest BCUT2D eigenvalue weighted by Gasteiger charge is 2.37. The zero-order valence-electron chi connectivity index (χ0n) is 13.0. The first-order chi connectivity index (χ1) is 9.28. The molecule has 0 unspecified atom stereocenters. The van der Waals surface area contributed by atoms with E-state index in [1.165, 1.54) is 11.1 Å². The fraction of sp³-hybridized carbons (Fsp3) is 0.562. The van der Waals surface area contributed by atoms with Gasteiger partial charge in [-0.1, -0.05) is 44.9 Å². The number of carbonyl (C=O) groups is 1. The number of Topliss-reactive ketones (excluding diaryl/α,β-unsaturated/α-hetero) is 1. The molecule has 0 atom stereocenters. The van der Waals surface area contributed by atoms with Crippen LogP contribution in [0.2, 0.25) is 0 Å². The second-order valence-corrected chi connectivity index (χ2v) is 6.84. The number of ketones is 1. The summed E-state index contributed by atoms with van der Waals surface area (Å²) >= 11 is 0. The first-order valence-electron chi connectivity index (χ1n) is 6.97. The third-order valence-electron chi connectivity index (χ3n) is 4.45. The van der Waals surface area contributed by atoms with Gasteiger partial charge in [-0.15, -0.1) is 12.4 Å². The van der Waals surface area contributed by atoms with Crippen molar-refractivity contribution in [3.05, 3.63) is 45.3 Å². The van der Waals surface area contributed by atoms with Crippen molar-refractivity contribution < 1.29 is 4.79 Å². The number of hydrogen-bond acceptors (Lipinski definition) is 2. The number of azide groups is 1. The van der Waals surface area contributed by atoms with Gasteiger partial charge >= 0.3 is 0 Å².